The van der Waals surface area contributed by atoms with E-state index in [-0.39, 0.29) is 6.10 Å². The summed E-state index contributed by atoms with van der Waals surface area (Å²) in [6.07, 6.45) is 3.37. The highest BCUT2D eigenvalue weighted by atomic mass is 16.5. The van der Waals surface area contributed by atoms with E-state index >= 15 is 0 Å². The molecule has 0 aromatic rings. The van der Waals surface area contributed by atoms with Crippen molar-refractivity contribution in [1.82, 2.24) is 0 Å². The molecule has 12 heavy (non-hydrogen) atoms. The Kier molecular flexibility index (Phi) is 4.02. The summed E-state index contributed by atoms with van der Waals surface area (Å²) in [5.41, 5.74) is 0. The molecule has 0 saturated carbocycles. The number of rotatable bonds is 4. The minimum atomic E-state index is -0.203. The highest BCUT2D eigenvalue weighted by Crippen LogP contribution is 2.25. The summed E-state index contributed by atoms with van der Waals surface area (Å²) in [6, 6.07) is 0. The maximum Gasteiger partial charge on any atom is 0.0823 e. The van der Waals surface area contributed by atoms with E-state index in [1.165, 1.54) is 12.8 Å². The summed E-state index contributed by atoms with van der Waals surface area (Å²) in [6.45, 7) is 5.75. The molecule has 1 N–H and O–H groups in total. The van der Waals surface area contributed by atoms with Crippen molar-refractivity contribution in [3.05, 3.63) is 0 Å². The van der Waals surface area contributed by atoms with Crippen LogP contribution in [0.4, 0.5) is 0 Å². The van der Waals surface area contributed by atoms with Crippen molar-refractivity contribution in [2.24, 2.45) is 11.8 Å². The Labute approximate surface area is 74.9 Å². The van der Waals surface area contributed by atoms with Gasteiger partial charge in [0.15, 0.2) is 0 Å². The summed E-state index contributed by atoms with van der Waals surface area (Å²) in [7, 11) is 0. The summed E-state index contributed by atoms with van der Waals surface area (Å²) in [5.74, 6) is 1.17. The molecule has 0 aromatic carbocycles. The number of aliphatic hydroxyl groups is 1. The van der Waals surface area contributed by atoms with Crippen LogP contribution in [0.1, 0.15) is 33.1 Å². The van der Waals surface area contributed by atoms with E-state index in [1.807, 2.05) is 0 Å². The fourth-order valence-corrected chi connectivity index (χ4v) is 1.86. The predicted octanol–water partition coefficient (Wildman–Crippen LogP) is 1.82. The number of ether oxygens (including phenoxy) is 1. The van der Waals surface area contributed by atoms with E-state index < -0.39 is 0 Å². The van der Waals surface area contributed by atoms with Crippen LogP contribution >= 0.6 is 0 Å². The minimum absolute atomic E-state index is 0.203. The third-order valence-corrected chi connectivity index (χ3v) is 2.96. The normalized spacial score (nSPS) is 30.0. The zero-order valence-electron chi connectivity index (χ0n) is 8.12. The molecule has 1 heterocycles. The average molecular weight is 172 g/mol. The Morgan fingerprint density at radius 3 is 2.42 bits per heavy atom. The van der Waals surface area contributed by atoms with Crippen molar-refractivity contribution in [3.8, 4) is 0 Å². The standard InChI is InChI=1S/C10H20O2/c1-3-8(4-2)5-9-6-12-7-10(9)11/h8-11H,3-7H2,1-2H3/t9-,10-/m1/s1. The van der Waals surface area contributed by atoms with Gasteiger partial charge in [-0.2, -0.15) is 0 Å². The molecule has 2 atom stereocenters. The van der Waals surface area contributed by atoms with Crippen molar-refractivity contribution in [2.45, 2.75) is 39.2 Å². The molecule has 2 nitrogen and oxygen atoms in total. The van der Waals surface area contributed by atoms with Crippen LogP contribution in [-0.4, -0.2) is 24.4 Å². The lowest BCUT2D eigenvalue weighted by Crippen LogP contribution is -2.20. The first kappa shape index (κ1) is 10.0. The minimum Gasteiger partial charge on any atom is -0.390 e. The zero-order valence-corrected chi connectivity index (χ0v) is 8.12. The van der Waals surface area contributed by atoms with Crippen LogP contribution < -0.4 is 0 Å². The molecule has 72 valence electrons. The smallest absolute Gasteiger partial charge is 0.0823 e. The molecule has 1 aliphatic rings. The van der Waals surface area contributed by atoms with Crippen molar-refractivity contribution >= 4 is 0 Å². The lowest BCUT2D eigenvalue weighted by atomic mass is 9.89. The molecule has 1 rings (SSSR count). The molecule has 1 aliphatic heterocycles. The van der Waals surface area contributed by atoms with Crippen LogP contribution in [0.15, 0.2) is 0 Å². The summed E-state index contributed by atoms with van der Waals surface area (Å²) in [4.78, 5) is 0. The highest BCUT2D eigenvalue weighted by Gasteiger charge is 2.27. The molecule has 1 saturated heterocycles. The predicted molar refractivity (Wildman–Crippen MR) is 49.0 cm³/mol. The second-order valence-corrected chi connectivity index (χ2v) is 3.78. The maximum atomic E-state index is 9.50. The van der Waals surface area contributed by atoms with Crippen molar-refractivity contribution in [2.75, 3.05) is 13.2 Å². The van der Waals surface area contributed by atoms with E-state index in [4.69, 9.17) is 4.74 Å². The van der Waals surface area contributed by atoms with Crippen LogP contribution in [0.5, 0.6) is 0 Å². The summed E-state index contributed by atoms with van der Waals surface area (Å²) in [5, 5.41) is 9.50. The zero-order chi connectivity index (χ0) is 8.97. The molecule has 1 fully saturated rings. The quantitative estimate of drug-likeness (QED) is 0.701. The highest BCUT2D eigenvalue weighted by molar-refractivity contribution is 4.76. The molecule has 0 radical (unpaired) electrons. The number of hydrogen-bond acceptors (Lipinski definition) is 2. The first-order valence-corrected chi connectivity index (χ1v) is 5.03. The second kappa shape index (κ2) is 4.83. The van der Waals surface area contributed by atoms with E-state index in [9.17, 15) is 5.11 Å². The maximum absolute atomic E-state index is 9.50. The van der Waals surface area contributed by atoms with Crippen LogP contribution in [0.3, 0.4) is 0 Å². The van der Waals surface area contributed by atoms with Crippen LogP contribution in [0.25, 0.3) is 0 Å². The molecule has 0 aliphatic carbocycles. The molecular formula is C10H20O2. The number of hydrogen-bond donors (Lipinski definition) is 1. The summed E-state index contributed by atoms with van der Waals surface area (Å²) < 4.78 is 5.21. The third kappa shape index (κ3) is 2.46. The van der Waals surface area contributed by atoms with E-state index in [2.05, 4.69) is 13.8 Å². The van der Waals surface area contributed by atoms with Crippen LogP contribution in [0, 0.1) is 11.8 Å². The van der Waals surface area contributed by atoms with Gasteiger partial charge in [0.25, 0.3) is 0 Å². The molecule has 0 bridgehead atoms. The van der Waals surface area contributed by atoms with Crippen LogP contribution in [-0.2, 0) is 4.74 Å². The average Bonchev–Trinajstić information content (AvgIpc) is 2.47. The Morgan fingerprint density at radius 2 is 2.00 bits per heavy atom. The molecule has 0 aromatic heterocycles. The fourth-order valence-electron chi connectivity index (χ4n) is 1.86. The largest absolute Gasteiger partial charge is 0.390 e. The van der Waals surface area contributed by atoms with Gasteiger partial charge in [0.1, 0.15) is 0 Å². The van der Waals surface area contributed by atoms with Crippen molar-refractivity contribution in [1.29, 1.82) is 0 Å². The molecule has 0 unspecified atom stereocenters. The lowest BCUT2D eigenvalue weighted by Gasteiger charge is -2.18. The van der Waals surface area contributed by atoms with E-state index in [0.717, 1.165) is 18.9 Å². The second-order valence-electron chi connectivity index (χ2n) is 3.78. The van der Waals surface area contributed by atoms with E-state index in [0.29, 0.717) is 12.5 Å². The van der Waals surface area contributed by atoms with Gasteiger partial charge in [-0.25, -0.2) is 0 Å². The Hall–Kier alpha value is -0.0800. The van der Waals surface area contributed by atoms with Gasteiger partial charge in [-0.3, -0.25) is 0 Å². The first-order valence-electron chi connectivity index (χ1n) is 5.03. The topological polar surface area (TPSA) is 29.5 Å². The van der Waals surface area contributed by atoms with Crippen molar-refractivity contribution < 1.29 is 9.84 Å². The van der Waals surface area contributed by atoms with Gasteiger partial charge >= 0.3 is 0 Å². The third-order valence-electron chi connectivity index (χ3n) is 2.96. The Bertz CT molecular complexity index is 121. The SMILES string of the molecule is CCC(CC)C[C@@H]1COC[C@H]1O. The molecule has 0 spiro atoms. The fraction of sp³-hybridized carbons (Fsp3) is 1.00. The van der Waals surface area contributed by atoms with Gasteiger partial charge in [0.2, 0.25) is 0 Å². The molecule has 2 heteroatoms. The van der Waals surface area contributed by atoms with Gasteiger partial charge < -0.3 is 9.84 Å². The van der Waals surface area contributed by atoms with Crippen molar-refractivity contribution in [3.63, 3.8) is 0 Å². The van der Waals surface area contributed by atoms with Gasteiger partial charge in [0.05, 0.1) is 19.3 Å². The Balaban J connectivity index is 2.28. The van der Waals surface area contributed by atoms with Gasteiger partial charge in [-0.1, -0.05) is 26.7 Å². The van der Waals surface area contributed by atoms with E-state index in [1.54, 1.807) is 0 Å². The monoisotopic (exact) mass is 172 g/mol. The van der Waals surface area contributed by atoms with Gasteiger partial charge in [-0.05, 0) is 12.3 Å². The first-order chi connectivity index (χ1) is 5.77. The van der Waals surface area contributed by atoms with Gasteiger partial charge in [0, 0.05) is 5.92 Å². The number of aliphatic hydroxyl groups excluding tert-OH is 1. The summed E-state index contributed by atoms with van der Waals surface area (Å²) >= 11 is 0. The Morgan fingerprint density at radius 1 is 1.33 bits per heavy atom. The van der Waals surface area contributed by atoms with Crippen LogP contribution in [0.2, 0.25) is 0 Å². The lowest BCUT2D eigenvalue weighted by molar-refractivity contribution is 0.113. The van der Waals surface area contributed by atoms with Gasteiger partial charge in [-0.15, -0.1) is 0 Å². The molecule has 0 amide bonds. The molecular weight excluding hydrogens is 152 g/mol.